The number of aryl methyl sites for hydroxylation is 1. The van der Waals surface area contributed by atoms with E-state index in [1.54, 1.807) is 29.3 Å². The zero-order valence-corrected chi connectivity index (χ0v) is 9.66. The molecule has 1 aromatic heterocycles. The number of allylic oxidation sites excluding steroid dienone is 2. The summed E-state index contributed by atoms with van der Waals surface area (Å²) in [6, 6.07) is 1.58. The van der Waals surface area contributed by atoms with Crippen molar-refractivity contribution in [2.75, 3.05) is 0 Å². The maximum absolute atomic E-state index is 11.2. The number of nitrogens with zero attached hydrogens (tertiary/aromatic N) is 2. The van der Waals surface area contributed by atoms with Gasteiger partial charge in [-0.25, -0.2) is 5.06 Å². The van der Waals surface area contributed by atoms with Gasteiger partial charge in [-0.15, -0.1) is 0 Å². The largest absolute Gasteiger partial charge is 0.288 e. The first-order valence-corrected chi connectivity index (χ1v) is 5.98. The fraction of sp³-hybridized carbons (Fsp3) is 0.222. The predicted molar refractivity (Wildman–Crippen MR) is 61.1 cm³/mol. The Balaban J connectivity index is 2.12. The lowest BCUT2D eigenvalue weighted by Gasteiger charge is -2.22. The molecule has 0 aliphatic carbocycles. The standard InChI is InChI=1S/C9H10N2O2S2/c1-10-7(12)6-9(15-10)14-8-4-2-3-5-11(8)13/h2-6,8,13H,1H3. The van der Waals surface area contributed by atoms with E-state index in [9.17, 15) is 10.0 Å². The van der Waals surface area contributed by atoms with Crippen LogP contribution in [0.15, 0.2) is 39.5 Å². The second-order valence-corrected chi connectivity index (χ2v) is 5.59. The summed E-state index contributed by atoms with van der Waals surface area (Å²) in [5.74, 6) is 0. The first kappa shape index (κ1) is 10.5. The highest BCUT2D eigenvalue weighted by atomic mass is 32.2. The summed E-state index contributed by atoms with van der Waals surface area (Å²) in [6.45, 7) is 0. The monoisotopic (exact) mass is 242 g/mol. The van der Waals surface area contributed by atoms with Gasteiger partial charge in [-0.2, -0.15) is 0 Å². The summed E-state index contributed by atoms with van der Waals surface area (Å²) in [6.07, 6.45) is 7.08. The van der Waals surface area contributed by atoms with Crippen LogP contribution in [0.25, 0.3) is 0 Å². The summed E-state index contributed by atoms with van der Waals surface area (Å²) in [5.41, 5.74) is -0.0117. The van der Waals surface area contributed by atoms with Crippen LogP contribution in [0.5, 0.6) is 0 Å². The van der Waals surface area contributed by atoms with Crippen molar-refractivity contribution in [2.24, 2.45) is 7.05 Å². The van der Waals surface area contributed by atoms with Gasteiger partial charge in [0.05, 0.1) is 4.21 Å². The van der Waals surface area contributed by atoms with Gasteiger partial charge >= 0.3 is 0 Å². The van der Waals surface area contributed by atoms with Gasteiger partial charge in [-0.3, -0.25) is 14.0 Å². The number of hydroxylamine groups is 2. The van der Waals surface area contributed by atoms with E-state index in [4.69, 9.17) is 0 Å². The smallest absolute Gasteiger partial charge is 0.261 e. The van der Waals surface area contributed by atoms with Crippen molar-refractivity contribution in [3.63, 3.8) is 0 Å². The van der Waals surface area contributed by atoms with E-state index < -0.39 is 0 Å². The number of hydrogen-bond acceptors (Lipinski definition) is 5. The van der Waals surface area contributed by atoms with Crippen LogP contribution in [0.4, 0.5) is 0 Å². The molecule has 2 rings (SSSR count). The molecule has 1 aromatic rings. The summed E-state index contributed by atoms with van der Waals surface area (Å²) < 4.78 is 2.46. The lowest BCUT2D eigenvalue weighted by atomic mass is 10.4. The molecule has 0 radical (unpaired) electrons. The molecule has 0 fully saturated rings. The molecule has 0 spiro atoms. The Kier molecular flexibility index (Phi) is 2.99. The summed E-state index contributed by atoms with van der Waals surface area (Å²) in [7, 11) is 1.73. The molecule has 1 unspecified atom stereocenters. The van der Waals surface area contributed by atoms with E-state index in [2.05, 4.69) is 0 Å². The highest BCUT2D eigenvalue weighted by Crippen LogP contribution is 2.29. The van der Waals surface area contributed by atoms with Crippen molar-refractivity contribution in [1.29, 1.82) is 0 Å². The minimum Gasteiger partial charge on any atom is -0.288 e. The van der Waals surface area contributed by atoms with Crippen LogP contribution in [0.3, 0.4) is 0 Å². The molecule has 1 N–H and O–H groups in total. The van der Waals surface area contributed by atoms with Crippen LogP contribution < -0.4 is 5.56 Å². The number of aromatic nitrogens is 1. The Bertz CT molecular complexity index is 461. The Morgan fingerprint density at radius 3 is 2.93 bits per heavy atom. The van der Waals surface area contributed by atoms with Crippen molar-refractivity contribution >= 4 is 23.3 Å². The predicted octanol–water partition coefficient (Wildman–Crippen LogP) is 1.64. The van der Waals surface area contributed by atoms with Gasteiger partial charge in [0, 0.05) is 19.3 Å². The first-order chi connectivity index (χ1) is 7.16. The number of thioether (sulfide) groups is 1. The Labute approximate surface area is 95.2 Å². The molecular formula is C9H10N2O2S2. The van der Waals surface area contributed by atoms with Gasteiger partial charge < -0.3 is 0 Å². The van der Waals surface area contributed by atoms with Crippen LogP contribution in [-0.2, 0) is 7.05 Å². The van der Waals surface area contributed by atoms with E-state index in [0.29, 0.717) is 0 Å². The SMILES string of the molecule is Cn1sc(SC2C=CC=CN2O)cc1=O. The fourth-order valence-corrected chi connectivity index (χ4v) is 3.26. The molecule has 0 bridgehead atoms. The first-order valence-electron chi connectivity index (χ1n) is 4.33. The third kappa shape index (κ3) is 2.34. The molecule has 0 aromatic carbocycles. The van der Waals surface area contributed by atoms with Gasteiger partial charge in [-0.1, -0.05) is 17.8 Å². The molecule has 1 aliphatic heterocycles. The number of rotatable bonds is 2. The molecular weight excluding hydrogens is 232 g/mol. The molecule has 2 heterocycles. The quantitative estimate of drug-likeness (QED) is 0.856. The van der Waals surface area contributed by atoms with Crippen LogP contribution in [0.1, 0.15) is 0 Å². The van der Waals surface area contributed by atoms with E-state index in [-0.39, 0.29) is 10.9 Å². The van der Waals surface area contributed by atoms with Gasteiger partial charge in [0.2, 0.25) is 0 Å². The minimum absolute atomic E-state index is 0.0117. The van der Waals surface area contributed by atoms with Gasteiger partial charge in [0.25, 0.3) is 5.56 Å². The van der Waals surface area contributed by atoms with Crippen LogP contribution in [0.2, 0.25) is 0 Å². The van der Waals surface area contributed by atoms with Crippen molar-refractivity contribution in [3.8, 4) is 0 Å². The third-order valence-corrected chi connectivity index (χ3v) is 4.13. The van der Waals surface area contributed by atoms with Crippen molar-refractivity contribution in [3.05, 3.63) is 40.8 Å². The maximum atomic E-state index is 11.2. The molecule has 0 saturated heterocycles. The van der Waals surface area contributed by atoms with E-state index in [0.717, 1.165) is 9.27 Å². The Morgan fingerprint density at radius 2 is 2.33 bits per heavy atom. The van der Waals surface area contributed by atoms with Crippen molar-refractivity contribution in [2.45, 2.75) is 9.58 Å². The molecule has 6 heteroatoms. The lowest BCUT2D eigenvalue weighted by Crippen LogP contribution is -2.23. The van der Waals surface area contributed by atoms with Crippen LogP contribution in [-0.4, -0.2) is 19.6 Å². The van der Waals surface area contributed by atoms with Crippen molar-refractivity contribution < 1.29 is 5.21 Å². The molecule has 1 atom stereocenters. The molecule has 15 heavy (non-hydrogen) atoms. The van der Waals surface area contributed by atoms with E-state index in [1.807, 2.05) is 12.2 Å². The average Bonchev–Trinajstić information content (AvgIpc) is 2.50. The summed E-state index contributed by atoms with van der Waals surface area (Å²) >= 11 is 2.82. The average molecular weight is 242 g/mol. The van der Waals surface area contributed by atoms with Crippen LogP contribution >= 0.6 is 23.3 Å². The molecule has 0 saturated carbocycles. The minimum atomic E-state index is -0.159. The fourth-order valence-electron chi connectivity index (χ4n) is 1.14. The highest BCUT2D eigenvalue weighted by molar-refractivity contribution is 8.01. The summed E-state index contributed by atoms with van der Waals surface area (Å²) in [4.78, 5) is 11.2. The van der Waals surface area contributed by atoms with Gasteiger partial charge in [0.15, 0.2) is 0 Å². The zero-order chi connectivity index (χ0) is 10.8. The third-order valence-electron chi connectivity index (χ3n) is 1.90. The second-order valence-electron chi connectivity index (χ2n) is 3.01. The number of hydrogen-bond donors (Lipinski definition) is 1. The molecule has 1 aliphatic rings. The van der Waals surface area contributed by atoms with E-state index in [1.165, 1.54) is 23.3 Å². The maximum Gasteiger partial charge on any atom is 0.261 e. The highest BCUT2D eigenvalue weighted by Gasteiger charge is 2.15. The van der Waals surface area contributed by atoms with E-state index >= 15 is 0 Å². The van der Waals surface area contributed by atoms with Gasteiger partial charge in [-0.05, 0) is 23.7 Å². The Morgan fingerprint density at radius 1 is 1.53 bits per heavy atom. The van der Waals surface area contributed by atoms with Crippen molar-refractivity contribution in [1.82, 2.24) is 9.02 Å². The van der Waals surface area contributed by atoms with Gasteiger partial charge in [0.1, 0.15) is 5.37 Å². The second kappa shape index (κ2) is 4.26. The van der Waals surface area contributed by atoms with Crippen LogP contribution in [0, 0.1) is 0 Å². The molecule has 0 amide bonds. The summed E-state index contributed by atoms with van der Waals surface area (Å²) in [5, 5.41) is 10.5. The topological polar surface area (TPSA) is 45.5 Å². The zero-order valence-electron chi connectivity index (χ0n) is 8.03. The Hall–Kier alpha value is -0.980. The molecule has 4 nitrogen and oxygen atoms in total. The normalized spacial score (nSPS) is 19.9. The lowest BCUT2D eigenvalue weighted by molar-refractivity contribution is -0.0407. The molecule has 80 valence electrons.